The number of aryl methyl sites for hydroxylation is 1. The van der Waals surface area contributed by atoms with Gasteiger partial charge in [-0.25, -0.2) is 0 Å². The Morgan fingerprint density at radius 1 is 1.27 bits per heavy atom. The lowest BCUT2D eigenvalue weighted by molar-refractivity contribution is -0.147. The SMILES string of the molecule is COc1ccc(NC(=O)[C@@H]2[C@@H](C(=O)O)[C@H]3CC[C@H]2O3)c(C)c1. The summed E-state index contributed by atoms with van der Waals surface area (Å²) in [4.78, 5) is 24.0. The first-order chi connectivity index (χ1) is 10.5. The number of carbonyl (C=O) groups is 2. The molecular weight excluding hydrogens is 286 g/mol. The van der Waals surface area contributed by atoms with E-state index in [1.807, 2.05) is 13.0 Å². The number of carboxylic acids is 1. The second-order valence-corrected chi connectivity index (χ2v) is 5.85. The molecule has 2 fully saturated rings. The maximum absolute atomic E-state index is 12.5. The quantitative estimate of drug-likeness (QED) is 0.886. The summed E-state index contributed by atoms with van der Waals surface area (Å²) in [6.07, 6.45) is 0.834. The molecule has 1 aromatic carbocycles. The highest BCUT2D eigenvalue weighted by Gasteiger charge is 2.55. The van der Waals surface area contributed by atoms with Crippen molar-refractivity contribution in [3.63, 3.8) is 0 Å². The smallest absolute Gasteiger partial charge is 0.310 e. The number of benzene rings is 1. The fourth-order valence-corrected chi connectivity index (χ4v) is 3.44. The van der Waals surface area contributed by atoms with Gasteiger partial charge in [-0.3, -0.25) is 9.59 Å². The molecule has 4 atom stereocenters. The third-order valence-corrected chi connectivity index (χ3v) is 4.55. The average Bonchev–Trinajstić information content (AvgIpc) is 3.09. The number of carboxylic acid groups (broad SMARTS) is 1. The molecular formula is C16H19NO5. The van der Waals surface area contributed by atoms with Gasteiger partial charge >= 0.3 is 5.97 Å². The molecule has 0 aromatic heterocycles. The summed E-state index contributed by atoms with van der Waals surface area (Å²) in [6.45, 7) is 1.87. The molecule has 0 spiro atoms. The highest BCUT2D eigenvalue weighted by atomic mass is 16.5. The van der Waals surface area contributed by atoms with Crippen LogP contribution in [0.4, 0.5) is 5.69 Å². The number of hydrogen-bond acceptors (Lipinski definition) is 4. The van der Waals surface area contributed by atoms with Gasteiger partial charge < -0.3 is 19.9 Å². The number of amides is 1. The fraction of sp³-hybridized carbons (Fsp3) is 0.500. The van der Waals surface area contributed by atoms with E-state index in [-0.39, 0.29) is 18.1 Å². The molecule has 1 aromatic rings. The number of ether oxygens (including phenoxy) is 2. The van der Waals surface area contributed by atoms with Crippen molar-refractivity contribution in [2.24, 2.45) is 11.8 Å². The Morgan fingerprint density at radius 3 is 2.55 bits per heavy atom. The first-order valence-corrected chi connectivity index (χ1v) is 7.35. The zero-order chi connectivity index (χ0) is 15.9. The first-order valence-electron chi connectivity index (χ1n) is 7.35. The number of aliphatic carboxylic acids is 1. The largest absolute Gasteiger partial charge is 0.497 e. The molecule has 2 bridgehead atoms. The number of rotatable bonds is 4. The van der Waals surface area contributed by atoms with Crippen molar-refractivity contribution in [2.45, 2.75) is 32.0 Å². The van der Waals surface area contributed by atoms with Crippen LogP contribution in [0.1, 0.15) is 18.4 Å². The van der Waals surface area contributed by atoms with Crippen LogP contribution in [-0.2, 0) is 14.3 Å². The maximum Gasteiger partial charge on any atom is 0.310 e. The molecule has 2 saturated heterocycles. The van der Waals surface area contributed by atoms with Gasteiger partial charge in [-0.15, -0.1) is 0 Å². The van der Waals surface area contributed by atoms with Crippen molar-refractivity contribution >= 4 is 17.6 Å². The molecule has 2 aliphatic heterocycles. The van der Waals surface area contributed by atoms with Gasteiger partial charge in [-0.05, 0) is 43.5 Å². The van der Waals surface area contributed by atoms with Gasteiger partial charge in [-0.1, -0.05) is 0 Å². The molecule has 1 amide bonds. The number of carbonyl (C=O) groups excluding carboxylic acids is 1. The lowest BCUT2D eigenvalue weighted by Crippen LogP contribution is -2.41. The van der Waals surface area contributed by atoms with E-state index in [0.29, 0.717) is 17.9 Å². The van der Waals surface area contributed by atoms with Crippen LogP contribution in [0.5, 0.6) is 5.75 Å². The minimum atomic E-state index is -0.959. The van der Waals surface area contributed by atoms with E-state index >= 15 is 0 Å². The molecule has 2 heterocycles. The average molecular weight is 305 g/mol. The predicted molar refractivity (Wildman–Crippen MR) is 78.9 cm³/mol. The van der Waals surface area contributed by atoms with E-state index < -0.39 is 17.8 Å². The highest BCUT2D eigenvalue weighted by molar-refractivity contribution is 5.96. The Bertz CT molecular complexity index is 615. The summed E-state index contributed by atoms with van der Waals surface area (Å²) in [5, 5.41) is 12.2. The molecule has 2 N–H and O–H groups in total. The van der Waals surface area contributed by atoms with Crippen molar-refractivity contribution in [3.8, 4) is 5.75 Å². The Balaban J connectivity index is 1.78. The second-order valence-electron chi connectivity index (χ2n) is 5.85. The topological polar surface area (TPSA) is 84.9 Å². The number of nitrogens with one attached hydrogen (secondary N) is 1. The zero-order valence-electron chi connectivity index (χ0n) is 12.5. The zero-order valence-corrected chi connectivity index (χ0v) is 12.5. The van der Waals surface area contributed by atoms with Gasteiger partial charge in [0, 0.05) is 5.69 Å². The van der Waals surface area contributed by atoms with E-state index in [1.165, 1.54) is 0 Å². The van der Waals surface area contributed by atoms with Gasteiger partial charge in [0.1, 0.15) is 5.75 Å². The van der Waals surface area contributed by atoms with E-state index in [0.717, 1.165) is 12.0 Å². The monoisotopic (exact) mass is 305 g/mol. The molecule has 3 rings (SSSR count). The highest BCUT2D eigenvalue weighted by Crippen LogP contribution is 2.44. The Kier molecular flexibility index (Phi) is 3.78. The number of methoxy groups -OCH3 is 1. The summed E-state index contributed by atoms with van der Waals surface area (Å²) in [6, 6.07) is 5.34. The lowest BCUT2D eigenvalue weighted by atomic mass is 9.78. The third kappa shape index (κ3) is 2.43. The first kappa shape index (κ1) is 14.8. The van der Waals surface area contributed by atoms with Gasteiger partial charge in [0.2, 0.25) is 5.91 Å². The van der Waals surface area contributed by atoms with Crippen LogP contribution >= 0.6 is 0 Å². The summed E-state index contributed by atoms with van der Waals surface area (Å²) in [5.41, 5.74) is 1.53. The van der Waals surface area contributed by atoms with Crippen LogP contribution in [0.2, 0.25) is 0 Å². The molecule has 22 heavy (non-hydrogen) atoms. The lowest BCUT2D eigenvalue weighted by Gasteiger charge is -2.24. The van der Waals surface area contributed by atoms with Crippen molar-refractivity contribution < 1.29 is 24.2 Å². The molecule has 0 unspecified atom stereocenters. The number of fused-ring (bicyclic) bond motifs is 2. The minimum absolute atomic E-state index is 0.284. The van der Waals surface area contributed by atoms with Gasteiger partial charge in [0.15, 0.2) is 0 Å². The van der Waals surface area contributed by atoms with Crippen molar-refractivity contribution in [1.82, 2.24) is 0 Å². The van der Waals surface area contributed by atoms with Crippen molar-refractivity contribution in [3.05, 3.63) is 23.8 Å². The summed E-state index contributed by atoms with van der Waals surface area (Å²) < 4.78 is 10.8. The molecule has 6 nitrogen and oxygen atoms in total. The van der Waals surface area contributed by atoms with Gasteiger partial charge in [0.05, 0.1) is 31.2 Å². The standard InChI is InChI=1S/C16H19NO5/c1-8-7-9(21-2)3-4-10(8)17-15(18)13-11-5-6-12(22-11)14(13)16(19)20/h3-4,7,11-14H,5-6H2,1-2H3,(H,17,18)(H,19,20)/t11-,12-,13+,14+/m1/s1. The van der Waals surface area contributed by atoms with Crippen LogP contribution in [-0.4, -0.2) is 36.3 Å². The summed E-state index contributed by atoms with van der Waals surface area (Å²) in [5.74, 6) is -1.91. The molecule has 118 valence electrons. The van der Waals surface area contributed by atoms with Crippen molar-refractivity contribution in [2.75, 3.05) is 12.4 Å². The molecule has 0 saturated carbocycles. The summed E-state index contributed by atoms with van der Waals surface area (Å²) >= 11 is 0. The van der Waals surface area contributed by atoms with E-state index in [9.17, 15) is 14.7 Å². The number of anilines is 1. The minimum Gasteiger partial charge on any atom is -0.497 e. The van der Waals surface area contributed by atoms with Crippen LogP contribution < -0.4 is 10.1 Å². The number of hydrogen-bond donors (Lipinski definition) is 2. The Hall–Kier alpha value is -2.08. The second kappa shape index (κ2) is 5.61. The molecule has 0 radical (unpaired) electrons. The van der Waals surface area contributed by atoms with Gasteiger partial charge in [0.25, 0.3) is 0 Å². The Labute approximate surface area is 128 Å². The van der Waals surface area contributed by atoms with Crippen LogP contribution in [0, 0.1) is 18.8 Å². The normalized spacial score (nSPS) is 29.4. The molecule has 6 heteroatoms. The van der Waals surface area contributed by atoms with E-state index in [1.54, 1.807) is 19.2 Å². The fourth-order valence-electron chi connectivity index (χ4n) is 3.44. The third-order valence-electron chi connectivity index (χ3n) is 4.55. The van der Waals surface area contributed by atoms with Gasteiger partial charge in [-0.2, -0.15) is 0 Å². The van der Waals surface area contributed by atoms with Crippen LogP contribution in [0.3, 0.4) is 0 Å². The van der Waals surface area contributed by atoms with Crippen molar-refractivity contribution in [1.29, 1.82) is 0 Å². The molecule has 2 aliphatic rings. The van der Waals surface area contributed by atoms with Crippen LogP contribution in [0.15, 0.2) is 18.2 Å². The van der Waals surface area contributed by atoms with E-state index in [2.05, 4.69) is 5.32 Å². The predicted octanol–water partition coefficient (Wildman–Crippen LogP) is 1.82. The molecule has 0 aliphatic carbocycles. The summed E-state index contributed by atoms with van der Waals surface area (Å²) in [7, 11) is 1.58. The maximum atomic E-state index is 12.5. The van der Waals surface area contributed by atoms with E-state index in [4.69, 9.17) is 9.47 Å². The van der Waals surface area contributed by atoms with Crippen LogP contribution in [0.25, 0.3) is 0 Å². The Morgan fingerprint density at radius 2 is 1.95 bits per heavy atom.